The van der Waals surface area contributed by atoms with Crippen molar-refractivity contribution >= 4 is 5.91 Å². The minimum atomic E-state index is 0.176. The molecule has 1 heterocycles. The Bertz CT molecular complexity index is 400. The van der Waals surface area contributed by atoms with Crippen LogP contribution in [0.2, 0.25) is 0 Å². The highest BCUT2D eigenvalue weighted by Gasteiger charge is 2.24. The Hall–Kier alpha value is -1.31. The second-order valence-electron chi connectivity index (χ2n) is 5.93. The van der Waals surface area contributed by atoms with Gasteiger partial charge >= 0.3 is 0 Å². The summed E-state index contributed by atoms with van der Waals surface area (Å²) < 4.78 is 0. The standard InChI is InChI=1S/C15H21NO/c1-15(2,3)13-6-4-11(5-7-13)10-12-8-9-16-14(12)17/h4-7,12H,8-10H2,1-3H3,(H,16,17). The smallest absolute Gasteiger partial charge is 0.223 e. The van der Waals surface area contributed by atoms with Gasteiger partial charge in [-0.3, -0.25) is 4.79 Å². The van der Waals surface area contributed by atoms with E-state index in [1.807, 2.05) is 0 Å². The third kappa shape index (κ3) is 2.87. The zero-order valence-corrected chi connectivity index (χ0v) is 10.9. The molecular weight excluding hydrogens is 210 g/mol. The van der Waals surface area contributed by atoms with E-state index in [1.54, 1.807) is 0 Å². The van der Waals surface area contributed by atoms with Crippen LogP contribution in [0.5, 0.6) is 0 Å². The van der Waals surface area contributed by atoms with E-state index < -0.39 is 0 Å². The molecule has 1 atom stereocenters. The topological polar surface area (TPSA) is 29.1 Å². The Morgan fingerprint density at radius 2 is 1.88 bits per heavy atom. The van der Waals surface area contributed by atoms with Crippen molar-refractivity contribution in [1.82, 2.24) is 5.32 Å². The van der Waals surface area contributed by atoms with Crippen molar-refractivity contribution in [3.63, 3.8) is 0 Å². The minimum Gasteiger partial charge on any atom is -0.356 e. The monoisotopic (exact) mass is 231 g/mol. The van der Waals surface area contributed by atoms with E-state index in [0.717, 1.165) is 19.4 Å². The van der Waals surface area contributed by atoms with Gasteiger partial charge in [0.05, 0.1) is 0 Å². The minimum absolute atomic E-state index is 0.176. The Labute approximate surface area is 103 Å². The van der Waals surface area contributed by atoms with Crippen LogP contribution in [0.1, 0.15) is 38.3 Å². The maximum Gasteiger partial charge on any atom is 0.223 e. The normalized spacial score (nSPS) is 20.4. The predicted molar refractivity (Wildman–Crippen MR) is 70.0 cm³/mol. The molecule has 2 rings (SSSR count). The van der Waals surface area contributed by atoms with Crippen LogP contribution in [0, 0.1) is 5.92 Å². The van der Waals surface area contributed by atoms with Crippen LogP contribution in [0.3, 0.4) is 0 Å². The quantitative estimate of drug-likeness (QED) is 0.833. The number of rotatable bonds is 2. The third-order valence-electron chi connectivity index (χ3n) is 3.46. The second kappa shape index (κ2) is 4.52. The number of benzene rings is 1. The predicted octanol–water partition coefficient (Wildman–Crippen LogP) is 2.66. The van der Waals surface area contributed by atoms with Crippen molar-refractivity contribution in [2.24, 2.45) is 5.92 Å². The fourth-order valence-corrected chi connectivity index (χ4v) is 2.27. The third-order valence-corrected chi connectivity index (χ3v) is 3.46. The second-order valence-corrected chi connectivity index (χ2v) is 5.93. The fraction of sp³-hybridized carbons (Fsp3) is 0.533. The molecule has 1 aromatic carbocycles. The average Bonchev–Trinajstić information content (AvgIpc) is 2.64. The lowest BCUT2D eigenvalue weighted by molar-refractivity contribution is -0.122. The lowest BCUT2D eigenvalue weighted by atomic mass is 9.86. The van der Waals surface area contributed by atoms with Crippen molar-refractivity contribution in [3.05, 3.63) is 35.4 Å². The first-order valence-corrected chi connectivity index (χ1v) is 6.34. The summed E-state index contributed by atoms with van der Waals surface area (Å²) in [6.07, 6.45) is 1.84. The summed E-state index contributed by atoms with van der Waals surface area (Å²) in [5, 5.41) is 2.89. The van der Waals surface area contributed by atoms with Gasteiger partial charge in [0.25, 0.3) is 0 Å². The van der Waals surface area contributed by atoms with Crippen molar-refractivity contribution in [3.8, 4) is 0 Å². The number of hydrogen-bond donors (Lipinski definition) is 1. The van der Waals surface area contributed by atoms with Gasteiger partial charge in [0.15, 0.2) is 0 Å². The average molecular weight is 231 g/mol. The van der Waals surface area contributed by atoms with Crippen molar-refractivity contribution in [2.45, 2.75) is 39.0 Å². The molecule has 1 fully saturated rings. The van der Waals surface area contributed by atoms with Crippen LogP contribution in [0.4, 0.5) is 0 Å². The molecule has 0 spiro atoms. The first-order valence-electron chi connectivity index (χ1n) is 6.34. The Balaban J connectivity index is 2.06. The van der Waals surface area contributed by atoms with Gasteiger partial charge in [0.1, 0.15) is 0 Å². The van der Waals surface area contributed by atoms with Crippen LogP contribution < -0.4 is 5.32 Å². The summed E-state index contributed by atoms with van der Waals surface area (Å²) in [5.74, 6) is 0.389. The molecule has 1 aromatic rings. The molecule has 1 unspecified atom stereocenters. The van der Waals surface area contributed by atoms with E-state index >= 15 is 0 Å². The van der Waals surface area contributed by atoms with Crippen molar-refractivity contribution in [1.29, 1.82) is 0 Å². The maximum absolute atomic E-state index is 11.5. The number of nitrogens with one attached hydrogen (secondary N) is 1. The summed E-state index contributed by atoms with van der Waals surface area (Å²) in [7, 11) is 0. The molecule has 2 heteroatoms. The summed E-state index contributed by atoms with van der Waals surface area (Å²) in [6.45, 7) is 7.48. The van der Waals surface area contributed by atoms with E-state index in [0.29, 0.717) is 0 Å². The number of hydrogen-bond acceptors (Lipinski definition) is 1. The highest BCUT2D eigenvalue weighted by molar-refractivity contribution is 5.80. The van der Waals surface area contributed by atoms with Gasteiger partial charge < -0.3 is 5.32 Å². The molecule has 92 valence electrons. The Morgan fingerprint density at radius 1 is 1.24 bits per heavy atom. The number of carbonyl (C=O) groups is 1. The molecule has 0 saturated carbocycles. The molecule has 0 bridgehead atoms. The zero-order chi connectivity index (χ0) is 12.5. The van der Waals surface area contributed by atoms with Gasteiger partial charge in [-0.15, -0.1) is 0 Å². The lowest BCUT2D eigenvalue weighted by Gasteiger charge is -2.19. The van der Waals surface area contributed by atoms with Gasteiger partial charge in [0.2, 0.25) is 5.91 Å². The van der Waals surface area contributed by atoms with Crippen LogP contribution in [-0.2, 0) is 16.6 Å². The first kappa shape index (κ1) is 12.2. The number of carbonyl (C=O) groups excluding carboxylic acids is 1. The van der Waals surface area contributed by atoms with Crippen LogP contribution in [0.15, 0.2) is 24.3 Å². The summed E-state index contributed by atoms with van der Waals surface area (Å²) in [6, 6.07) is 8.68. The van der Waals surface area contributed by atoms with E-state index in [9.17, 15) is 4.79 Å². The Kier molecular flexibility index (Phi) is 3.23. The Morgan fingerprint density at radius 3 is 2.35 bits per heavy atom. The zero-order valence-electron chi connectivity index (χ0n) is 10.9. The highest BCUT2D eigenvalue weighted by atomic mass is 16.2. The van der Waals surface area contributed by atoms with E-state index in [1.165, 1.54) is 11.1 Å². The molecule has 1 amide bonds. The van der Waals surface area contributed by atoms with Gasteiger partial charge in [-0.05, 0) is 29.4 Å². The van der Waals surface area contributed by atoms with Crippen LogP contribution in [0.25, 0.3) is 0 Å². The number of amides is 1. The molecule has 2 nitrogen and oxygen atoms in total. The van der Waals surface area contributed by atoms with Crippen LogP contribution >= 0.6 is 0 Å². The molecule has 1 saturated heterocycles. The van der Waals surface area contributed by atoms with Crippen molar-refractivity contribution < 1.29 is 4.79 Å². The van der Waals surface area contributed by atoms with E-state index in [4.69, 9.17) is 0 Å². The molecule has 17 heavy (non-hydrogen) atoms. The fourth-order valence-electron chi connectivity index (χ4n) is 2.27. The van der Waals surface area contributed by atoms with Crippen LogP contribution in [-0.4, -0.2) is 12.5 Å². The van der Waals surface area contributed by atoms with Gasteiger partial charge in [-0.1, -0.05) is 45.0 Å². The molecule has 1 aliphatic rings. The molecule has 0 aromatic heterocycles. The molecule has 0 radical (unpaired) electrons. The van der Waals surface area contributed by atoms with Gasteiger partial charge in [0, 0.05) is 12.5 Å². The summed E-state index contributed by atoms with van der Waals surface area (Å²) in [5.41, 5.74) is 2.81. The van der Waals surface area contributed by atoms with Crippen molar-refractivity contribution in [2.75, 3.05) is 6.54 Å². The molecular formula is C15H21NO. The summed E-state index contributed by atoms with van der Waals surface area (Å²) in [4.78, 5) is 11.5. The summed E-state index contributed by atoms with van der Waals surface area (Å²) >= 11 is 0. The molecule has 0 aliphatic carbocycles. The van der Waals surface area contributed by atoms with Gasteiger partial charge in [-0.2, -0.15) is 0 Å². The van der Waals surface area contributed by atoms with E-state index in [2.05, 4.69) is 50.4 Å². The largest absolute Gasteiger partial charge is 0.356 e. The first-order chi connectivity index (χ1) is 7.97. The van der Waals surface area contributed by atoms with Gasteiger partial charge in [-0.25, -0.2) is 0 Å². The highest BCUT2D eigenvalue weighted by Crippen LogP contribution is 2.23. The lowest BCUT2D eigenvalue weighted by Crippen LogP contribution is -2.20. The molecule has 1 N–H and O–H groups in total. The van der Waals surface area contributed by atoms with E-state index in [-0.39, 0.29) is 17.2 Å². The SMILES string of the molecule is CC(C)(C)c1ccc(CC2CCNC2=O)cc1. The maximum atomic E-state index is 11.5. The molecule has 1 aliphatic heterocycles.